The molecule has 1 aromatic heterocycles. The van der Waals surface area contributed by atoms with Gasteiger partial charge in [0.2, 0.25) is 11.8 Å². The lowest BCUT2D eigenvalue weighted by Gasteiger charge is -2.36. The van der Waals surface area contributed by atoms with Crippen LogP contribution < -0.4 is 0 Å². The van der Waals surface area contributed by atoms with Crippen LogP contribution in [-0.2, 0) is 16.1 Å². The molecule has 3 heterocycles. The van der Waals surface area contributed by atoms with Gasteiger partial charge < -0.3 is 14.9 Å². The van der Waals surface area contributed by atoms with Crippen LogP contribution in [0, 0.1) is 11.8 Å². The van der Waals surface area contributed by atoms with Gasteiger partial charge in [-0.15, -0.1) is 11.3 Å². The van der Waals surface area contributed by atoms with Crippen LogP contribution in [0.25, 0.3) is 0 Å². The normalized spacial score (nSPS) is 21.3. The Labute approximate surface area is 127 Å². The maximum atomic E-state index is 12.5. The third-order valence-electron chi connectivity index (χ3n) is 3.88. The first-order valence-electron chi connectivity index (χ1n) is 6.95. The zero-order chi connectivity index (χ0) is 14.8. The fourth-order valence-electron chi connectivity index (χ4n) is 2.88. The van der Waals surface area contributed by atoms with E-state index in [1.54, 1.807) is 9.80 Å². The second-order valence-electron chi connectivity index (χ2n) is 5.16. The van der Waals surface area contributed by atoms with Crippen LogP contribution in [0.1, 0.15) is 23.3 Å². The Morgan fingerprint density at radius 2 is 2.29 bits per heavy atom. The molecular formula is C15H16N2O3S. The molecule has 1 atom stereocenters. The largest absolute Gasteiger partial charge is 0.384 e. The number of hydrogen-bond acceptors (Lipinski definition) is 4. The van der Waals surface area contributed by atoms with Crippen molar-refractivity contribution in [3.8, 4) is 11.8 Å². The van der Waals surface area contributed by atoms with Crippen molar-refractivity contribution in [1.29, 1.82) is 0 Å². The van der Waals surface area contributed by atoms with Gasteiger partial charge in [-0.05, 0) is 24.3 Å². The van der Waals surface area contributed by atoms with Crippen molar-refractivity contribution in [2.24, 2.45) is 0 Å². The smallest absolute Gasteiger partial charge is 0.246 e. The van der Waals surface area contributed by atoms with Gasteiger partial charge in [-0.3, -0.25) is 9.59 Å². The minimum atomic E-state index is -0.266. The van der Waals surface area contributed by atoms with Gasteiger partial charge in [0.25, 0.3) is 0 Å². The predicted octanol–water partition coefficient (Wildman–Crippen LogP) is 0.425. The first kappa shape index (κ1) is 14.1. The molecule has 6 heteroatoms. The number of aliphatic hydroxyl groups excluding tert-OH is 1. The molecule has 2 aliphatic heterocycles. The Balaban J connectivity index is 1.77. The van der Waals surface area contributed by atoms with E-state index in [0.717, 1.165) is 23.3 Å². The Kier molecular flexibility index (Phi) is 3.95. The molecule has 3 rings (SSSR count). The monoisotopic (exact) mass is 304 g/mol. The minimum absolute atomic E-state index is 0.0386. The van der Waals surface area contributed by atoms with E-state index in [4.69, 9.17) is 5.11 Å². The molecule has 1 aromatic rings. The number of nitrogens with zero attached hydrogens (tertiary/aromatic N) is 2. The number of rotatable bonds is 2. The molecule has 2 amide bonds. The lowest BCUT2D eigenvalue weighted by molar-refractivity contribution is -0.154. The molecule has 0 bridgehead atoms. The summed E-state index contributed by atoms with van der Waals surface area (Å²) in [6.45, 7) is 1.09. The average molecular weight is 304 g/mol. The van der Waals surface area contributed by atoms with E-state index in [0.29, 0.717) is 13.1 Å². The van der Waals surface area contributed by atoms with Gasteiger partial charge in [-0.1, -0.05) is 11.8 Å². The summed E-state index contributed by atoms with van der Waals surface area (Å²) < 4.78 is 0. The van der Waals surface area contributed by atoms with Crippen LogP contribution in [0.3, 0.4) is 0 Å². The zero-order valence-electron chi connectivity index (χ0n) is 11.5. The molecule has 1 unspecified atom stereocenters. The highest BCUT2D eigenvalue weighted by Crippen LogP contribution is 2.26. The number of amides is 2. The lowest BCUT2D eigenvalue weighted by Crippen LogP contribution is -2.56. The van der Waals surface area contributed by atoms with Gasteiger partial charge in [0.15, 0.2) is 0 Å². The van der Waals surface area contributed by atoms with Crippen molar-refractivity contribution in [2.45, 2.75) is 25.4 Å². The molecule has 2 saturated heterocycles. The van der Waals surface area contributed by atoms with Crippen LogP contribution in [-0.4, -0.2) is 52.5 Å². The van der Waals surface area contributed by atoms with E-state index in [9.17, 15) is 9.59 Å². The van der Waals surface area contributed by atoms with Crippen molar-refractivity contribution >= 4 is 23.2 Å². The van der Waals surface area contributed by atoms with Crippen molar-refractivity contribution in [3.63, 3.8) is 0 Å². The average Bonchev–Trinajstić information content (AvgIpc) is 3.11. The van der Waals surface area contributed by atoms with Crippen LogP contribution in [0.4, 0.5) is 0 Å². The fourth-order valence-corrected chi connectivity index (χ4v) is 3.73. The highest BCUT2D eigenvalue weighted by atomic mass is 32.1. The van der Waals surface area contributed by atoms with Crippen LogP contribution >= 0.6 is 11.3 Å². The quantitative estimate of drug-likeness (QED) is 0.806. The Bertz CT molecular complexity index is 628. The van der Waals surface area contributed by atoms with Gasteiger partial charge in [0.05, 0.1) is 6.54 Å². The lowest BCUT2D eigenvalue weighted by atomic mass is 10.1. The van der Waals surface area contributed by atoms with Crippen LogP contribution in [0.15, 0.2) is 11.4 Å². The van der Waals surface area contributed by atoms with E-state index in [1.165, 1.54) is 11.3 Å². The first-order chi connectivity index (χ1) is 10.2. The van der Waals surface area contributed by atoms with E-state index in [1.807, 2.05) is 11.4 Å². The summed E-state index contributed by atoms with van der Waals surface area (Å²) in [5, 5.41) is 10.7. The summed E-state index contributed by atoms with van der Waals surface area (Å²) in [4.78, 5) is 28.9. The summed E-state index contributed by atoms with van der Waals surface area (Å²) in [6, 6.07) is 1.61. The molecule has 21 heavy (non-hydrogen) atoms. The third-order valence-corrected chi connectivity index (χ3v) is 4.78. The van der Waals surface area contributed by atoms with Gasteiger partial charge in [-0.25, -0.2) is 0 Å². The molecular weight excluding hydrogens is 288 g/mol. The summed E-state index contributed by atoms with van der Waals surface area (Å²) >= 11 is 1.52. The molecule has 2 fully saturated rings. The molecule has 2 aliphatic rings. The van der Waals surface area contributed by atoms with E-state index < -0.39 is 0 Å². The predicted molar refractivity (Wildman–Crippen MR) is 78.4 cm³/mol. The maximum absolute atomic E-state index is 12.5. The number of fused-ring (bicyclic) bond motifs is 1. The number of aliphatic hydroxyl groups is 1. The third kappa shape index (κ3) is 2.67. The topological polar surface area (TPSA) is 60.9 Å². The second kappa shape index (κ2) is 5.88. The van der Waals surface area contributed by atoms with Crippen molar-refractivity contribution in [3.05, 3.63) is 21.9 Å². The number of piperazine rings is 1. The van der Waals surface area contributed by atoms with Gasteiger partial charge >= 0.3 is 0 Å². The maximum Gasteiger partial charge on any atom is 0.246 e. The molecule has 5 nitrogen and oxygen atoms in total. The van der Waals surface area contributed by atoms with E-state index in [2.05, 4.69) is 11.8 Å². The first-order valence-corrected chi connectivity index (χ1v) is 7.83. The summed E-state index contributed by atoms with van der Waals surface area (Å²) in [7, 11) is 0. The molecule has 1 N–H and O–H groups in total. The Hall–Kier alpha value is -1.84. The van der Waals surface area contributed by atoms with Crippen molar-refractivity contribution in [1.82, 2.24) is 9.80 Å². The van der Waals surface area contributed by atoms with E-state index in [-0.39, 0.29) is 31.0 Å². The Morgan fingerprint density at radius 1 is 1.43 bits per heavy atom. The van der Waals surface area contributed by atoms with Gasteiger partial charge in [0.1, 0.15) is 19.2 Å². The molecule has 0 aliphatic carbocycles. The van der Waals surface area contributed by atoms with E-state index >= 15 is 0 Å². The second-order valence-corrected chi connectivity index (χ2v) is 6.16. The molecule has 0 radical (unpaired) electrons. The highest BCUT2D eigenvalue weighted by molar-refractivity contribution is 7.10. The zero-order valence-corrected chi connectivity index (χ0v) is 12.4. The Morgan fingerprint density at radius 3 is 3.10 bits per heavy atom. The van der Waals surface area contributed by atoms with Crippen molar-refractivity contribution < 1.29 is 14.7 Å². The molecule has 0 saturated carbocycles. The number of carbonyl (C=O) groups is 2. The fraction of sp³-hybridized carbons (Fsp3) is 0.467. The van der Waals surface area contributed by atoms with Gasteiger partial charge in [0, 0.05) is 17.0 Å². The standard InChI is InChI=1S/C15H16N2O3S/c18-7-2-3-11-5-8-21-13(11)9-16-10-14(19)17-6-1-4-12(17)15(16)20/h5,8,12,18H,1,4,6-7,9-10H2. The van der Waals surface area contributed by atoms with Gasteiger partial charge in [-0.2, -0.15) is 0 Å². The number of thiophene rings is 1. The molecule has 0 aromatic carbocycles. The van der Waals surface area contributed by atoms with Crippen molar-refractivity contribution in [2.75, 3.05) is 19.7 Å². The highest BCUT2D eigenvalue weighted by Gasteiger charge is 2.41. The number of hydrogen-bond donors (Lipinski definition) is 1. The van der Waals surface area contributed by atoms with Crippen LogP contribution in [0.2, 0.25) is 0 Å². The SMILES string of the molecule is O=C1C2CCCN2C(=O)CN1Cc1sccc1C#CCO. The number of carbonyl (C=O) groups excluding carboxylic acids is 2. The van der Waals surface area contributed by atoms with Crippen LogP contribution in [0.5, 0.6) is 0 Å². The molecule has 110 valence electrons. The summed E-state index contributed by atoms with van der Waals surface area (Å²) in [6.07, 6.45) is 1.67. The summed E-state index contributed by atoms with van der Waals surface area (Å²) in [5.74, 6) is 5.58. The summed E-state index contributed by atoms with van der Waals surface area (Å²) in [5.41, 5.74) is 0.822. The minimum Gasteiger partial charge on any atom is -0.384 e. The molecule has 0 spiro atoms.